The first kappa shape index (κ1) is 21.9. The van der Waals surface area contributed by atoms with Crippen molar-refractivity contribution in [1.29, 1.82) is 0 Å². The largest absolute Gasteiger partial charge is 0.493 e. The zero-order valence-corrected chi connectivity index (χ0v) is 16.2. The SMILES string of the molecule is CCOc1ccc(/C=C/C(=O)O[C@@H](C)C(=O)Nc2c(F)cccc2F)cc1OC. The van der Waals surface area contributed by atoms with Crippen molar-refractivity contribution in [2.75, 3.05) is 19.0 Å². The van der Waals surface area contributed by atoms with Crippen molar-refractivity contribution in [3.63, 3.8) is 0 Å². The molecule has 0 heterocycles. The molecule has 2 aromatic rings. The Bertz CT molecular complexity index is 894. The maximum atomic E-state index is 13.6. The van der Waals surface area contributed by atoms with Crippen LogP contribution < -0.4 is 14.8 Å². The summed E-state index contributed by atoms with van der Waals surface area (Å²) in [5, 5.41) is 2.07. The zero-order chi connectivity index (χ0) is 21.4. The van der Waals surface area contributed by atoms with Crippen LogP contribution in [0.1, 0.15) is 19.4 Å². The fourth-order valence-electron chi connectivity index (χ4n) is 2.34. The van der Waals surface area contributed by atoms with E-state index < -0.39 is 35.3 Å². The second kappa shape index (κ2) is 10.2. The van der Waals surface area contributed by atoms with E-state index in [2.05, 4.69) is 5.32 Å². The number of carbonyl (C=O) groups excluding carboxylic acids is 2. The molecule has 0 aliphatic rings. The van der Waals surface area contributed by atoms with E-state index in [0.29, 0.717) is 23.7 Å². The van der Waals surface area contributed by atoms with Crippen LogP contribution in [0.15, 0.2) is 42.5 Å². The number of anilines is 1. The number of hydrogen-bond donors (Lipinski definition) is 1. The lowest BCUT2D eigenvalue weighted by Gasteiger charge is -2.13. The maximum Gasteiger partial charge on any atom is 0.331 e. The van der Waals surface area contributed by atoms with Gasteiger partial charge in [-0.3, -0.25) is 4.79 Å². The lowest BCUT2D eigenvalue weighted by molar-refractivity contribution is -0.148. The third kappa shape index (κ3) is 6.03. The van der Waals surface area contributed by atoms with E-state index in [-0.39, 0.29) is 0 Å². The van der Waals surface area contributed by atoms with E-state index in [1.54, 1.807) is 18.2 Å². The molecule has 0 fully saturated rings. The Balaban J connectivity index is 1.98. The number of rotatable bonds is 8. The summed E-state index contributed by atoms with van der Waals surface area (Å²) in [6, 6.07) is 8.27. The molecule has 1 amide bonds. The predicted molar refractivity (Wildman–Crippen MR) is 104 cm³/mol. The number of carbonyl (C=O) groups is 2. The molecule has 6 nitrogen and oxygen atoms in total. The molecule has 0 aliphatic carbocycles. The molecule has 2 aromatic carbocycles. The summed E-state index contributed by atoms with van der Waals surface area (Å²) in [4.78, 5) is 24.0. The van der Waals surface area contributed by atoms with Gasteiger partial charge in [0.2, 0.25) is 0 Å². The number of amides is 1. The van der Waals surface area contributed by atoms with Crippen LogP contribution in [0.4, 0.5) is 14.5 Å². The Kier molecular flexibility index (Phi) is 7.70. The maximum absolute atomic E-state index is 13.6. The van der Waals surface area contributed by atoms with Crippen molar-refractivity contribution < 1.29 is 32.6 Å². The lowest BCUT2D eigenvalue weighted by Crippen LogP contribution is -2.30. The topological polar surface area (TPSA) is 73.9 Å². The van der Waals surface area contributed by atoms with Gasteiger partial charge in [-0.2, -0.15) is 0 Å². The molecule has 2 rings (SSSR count). The van der Waals surface area contributed by atoms with Crippen LogP contribution in [-0.2, 0) is 14.3 Å². The van der Waals surface area contributed by atoms with Crippen molar-refractivity contribution in [3.8, 4) is 11.5 Å². The van der Waals surface area contributed by atoms with E-state index in [0.717, 1.165) is 18.2 Å². The van der Waals surface area contributed by atoms with Crippen molar-refractivity contribution in [2.45, 2.75) is 20.0 Å². The molecule has 0 radical (unpaired) electrons. The van der Waals surface area contributed by atoms with Crippen molar-refractivity contribution in [2.24, 2.45) is 0 Å². The van der Waals surface area contributed by atoms with Crippen LogP contribution in [0.2, 0.25) is 0 Å². The molecule has 0 bridgehead atoms. The molecule has 154 valence electrons. The van der Waals surface area contributed by atoms with Crippen LogP contribution in [0, 0.1) is 11.6 Å². The standard InChI is InChI=1S/C21H21F2NO5/c1-4-28-17-10-8-14(12-18(17)27-3)9-11-19(25)29-13(2)21(26)24-20-15(22)6-5-7-16(20)23/h5-13H,4H2,1-3H3,(H,24,26)/b11-9+/t13-/m0/s1. The molecule has 0 saturated heterocycles. The van der Waals surface area contributed by atoms with Gasteiger partial charge in [0.1, 0.15) is 17.3 Å². The number of hydrogen-bond acceptors (Lipinski definition) is 5. The Labute approximate surface area is 167 Å². The molecule has 0 aromatic heterocycles. The molecule has 0 spiro atoms. The van der Waals surface area contributed by atoms with Gasteiger partial charge in [0, 0.05) is 6.08 Å². The van der Waals surface area contributed by atoms with E-state index >= 15 is 0 Å². The van der Waals surface area contributed by atoms with Crippen molar-refractivity contribution in [3.05, 3.63) is 59.7 Å². The van der Waals surface area contributed by atoms with Gasteiger partial charge in [-0.1, -0.05) is 12.1 Å². The molecule has 0 unspecified atom stereocenters. The Hall–Kier alpha value is -3.42. The minimum Gasteiger partial charge on any atom is -0.493 e. The van der Waals surface area contributed by atoms with Crippen molar-refractivity contribution >= 4 is 23.6 Å². The summed E-state index contributed by atoms with van der Waals surface area (Å²) in [7, 11) is 1.50. The predicted octanol–water partition coefficient (Wildman–Crippen LogP) is 3.96. The number of methoxy groups -OCH3 is 1. The quantitative estimate of drug-likeness (QED) is 0.532. The Morgan fingerprint density at radius 3 is 2.45 bits per heavy atom. The Morgan fingerprint density at radius 1 is 1.14 bits per heavy atom. The van der Waals surface area contributed by atoms with E-state index in [1.807, 2.05) is 6.92 Å². The third-order valence-corrected chi connectivity index (χ3v) is 3.77. The number of nitrogens with one attached hydrogen (secondary N) is 1. The van der Waals surface area contributed by atoms with Gasteiger partial charge >= 0.3 is 5.97 Å². The summed E-state index contributed by atoms with van der Waals surface area (Å²) < 4.78 is 42.8. The van der Waals surface area contributed by atoms with Crippen LogP contribution in [0.3, 0.4) is 0 Å². The van der Waals surface area contributed by atoms with Crippen LogP contribution in [0.25, 0.3) is 6.08 Å². The highest BCUT2D eigenvalue weighted by Gasteiger charge is 2.20. The highest BCUT2D eigenvalue weighted by Crippen LogP contribution is 2.28. The van der Waals surface area contributed by atoms with Gasteiger partial charge in [0.25, 0.3) is 5.91 Å². The number of para-hydroxylation sites is 1. The molecule has 1 N–H and O–H groups in total. The molecule has 29 heavy (non-hydrogen) atoms. The second-order valence-electron chi connectivity index (χ2n) is 5.84. The summed E-state index contributed by atoms with van der Waals surface area (Å²) >= 11 is 0. The minimum absolute atomic E-state index is 0.481. The molecule has 1 atom stereocenters. The van der Waals surface area contributed by atoms with Crippen molar-refractivity contribution in [1.82, 2.24) is 0 Å². The molecule has 0 aliphatic heterocycles. The first-order valence-corrected chi connectivity index (χ1v) is 8.80. The third-order valence-electron chi connectivity index (χ3n) is 3.77. The molecule has 0 saturated carbocycles. The van der Waals surface area contributed by atoms with Gasteiger partial charge in [-0.05, 0) is 49.8 Å². The first-order valence-electron chi connectivity index (χ1n) is 8.80. The van der Waals surface area contributed by atoms with E-state index in [1.165, 1.54) is 26.2 Å². The zero-order valence-electron chi connectivity index (χ0n) is 16.2. The summed E-state index contributed by atoms with van der Waals surface area (Å²) in [5.41, 5.74) is 0.0465. The monoisotopic (exact) mass is 405 g/mol. The first-order chi connectivity index (χ1) is 13.8. The fourth-order valence-corrected chi connectivity index (χ4v) is 2.34. The fraction of sp³-hybridized carbons (Fsp3) is 0.238. The number of benzene rings is 2. The van der Waals surface area contributed by atoms with Gasteiger partial charge in [-0.25, -0.2) is 13.6 Å². The van der Waals surface area contributed by atoms with Crippen LogP contribution >= 0.6 is 0 Å². The highest BCUT2D eigenvalue weighted by atomic mass is 19.1. The summed E-state index contributed by atoms with van der Waals surface area (Å²) in [5.74, 6) is -2.45. The number of ether oxygens (including phenoxy) is 3. The average molecular weight is 405 g/mol. The summed E-state index contributed by atoms with van der Waals surface area (Å²) in [6.45, 7) is 3.62. The van der Waals surface area contributed by atoms with Crippen LogP contribution in [-0.4, -0.2) is 31.7 Å². The van der Waals surface area contributed by atoms with Gasteiger partial charge < -0.3 is 19.5 Å². The average Bonchev–Trinajstić information content (AvgIpc) is 2.70. The van der Waals surface area contributed by atoms with Gasteiger partial charge in [0.05, 0.1) is 13.7 Å². The van der Waals surface area contributed by atoms with Gasteiger partial charge in [0.15, 0.2) is 17.6 Å². The van der Waals surface area contributed by atoms with Crippen LogP contribution in [0.5, 0.6) is 11.5 Å². The lowest BCUT2D eigenvalue weighted by atomic mass is 10.2. The smallest absolute Gasteiger partial charge is 0.331 e. The summed E-state index contributed by atoms with van der Waals surface area (Å²) in [6.07, 6.45) is 1.34. The normalized spacial score (nSPS) is 11.8. The number of esters is 1. The van der Waals surface area contributed by atoms with E-state index in [4.69, 9.17) is 14.2 Å². The minimum atomic E-state index is -1.26. The van der Waals surface area contributed by atoms with Gasteiger partial charge in [-0.15, -0.1) is 0 Å². The van der Waals surface area contributed by atoms with E-state index in [9.17, 15) is 18.4 Å². The molecular formula is C21H21F2NO5. The highest BCUT2D eigenvalue weighted by molar-refractivity contribution is 5.96. The Morgan fingerprint density at radius 2 is 1.83 bits per heavy atom. The molecular weight excluding hydrogens is 384 g/mol. The number of halogens is 2. The molecule has 8 heteroatoms. The second-order valence-corrected chi connectivity index (χ2v) is 5.84.